The van der Waals surface area contributed by atoms with E-state index in [0.29, 0.717) is 22.2 Å². The van der Waals surface area contributed by atoms with E-state index in [-0.39, 0.29) is 11.3 Å². The summed E-state index contributed by atoms with van der Waals surface area (Å²) in [5.74, 6) is -1.86. The maximum atomic E-state index is 13.0. The van der Waals surface area contributed by atoms with E-state index in [1.165, 1.54) is 12.1 Å². The molecule has 0 atom stereocenters. The molecule has 0 saturated carbocycles. The van der Waals surface area contributed by atoms with Crippen LogP contribution < -0.4 is 5.32 Å². The molecule has 0 unspecified atom stereocenters. The minimum atomic E-state index is -4.55. The molecular formula is C23H15F3N2O2. The van der Waals surface area contributed by atoms with Crippen LogP contribution in [-0.2, 0) is 11.0 Å². The Morgan fingerprint density at radius 2 is 1.53 bits per heavy atom. The SMILES string of the molecule is O=C(Nc1cccc(C(F)(F)F)c1)C(=O)c1c(-c2ccccc2)[nH]c2ccccc12. The van der Waals surface area contributed by atoms with Crippen molar-refractivity contribution in [3.8, 4) is 11.3 Å². The molecule has 0 saturated heterocycles. The number of halogens is 3. The van der Waals surface area contributed by atoms with Crippen molar-refractivity contribution in [2.45, 2.75) is 6.18 Å². The quantitative estimate of drug-likeness (QED) is 0.337. The van der Waals surface area contributed by atoms with Gasteiger partial charge in [-0.1, -0.05) is 54.6 Å². The number of nitrogens with one attached hydrogen (secondary N) is 2. The van der Waals surface area contributed by atoms with Crippen molar-refractivity contribution in [2.24, 2.45) is 0 Å². The third kappa shape index (κ3) is 3.69. The lowest BCUT2D eigenvalue weighted by Crippen LogP contribution is -2.23. The number of benzene rings is 3. The third-order valence-corrected chi connectivity index (χ3v) is 4.65. The van der Waals surface area contributed by atoms with Crippen LogP contribution in [0.4, 0.5) is 18.9 Å². The van der Waals surface area contributed by atoms with Crippen LogP contribution in [0.2, 0.25) is 0 Å². The molecule has 0 spiro atoms. The van der Waals surface area contributed by atoms with Crippen LogP contribution in [0.1, 0.15) is 15.9 Å². The van der Waals surface area contributed by atoms with E-state index in [1.54, 1.807) is 48.5 Å². The molecular weight excluding hydrogens is 393 g/mol. The first kappa shape index (κ1) is 19.4. The van der Waals surface area contributed by atoms with Crippen molar-refractivity contribution in [1.29, 1.82) is 0 Å². The fraction of sp³-hybridized carbons (Fsp3) is 0.0435. The average molecular weight is 408 g/mol. The molecule has 4 rings (SSSR count). The van der Waals surface area contributed by atoms with E-state index in [9.17, 15) is 22.8 Å². The molecule has 150 valence electrons. The highest BCUT2D eigenvalue weighted by atomic mass is 19.4. The van der Waals surface area contributed by atoms with Crippen LogP contribution in [0.25, 0.3) is 22.2 Å². The molecule has 0 aliphatic carbocycles. The molecule has 0 fully saturated rings. The van der Waals surface area contributed by atoms with Gasteiger partial charge in [0.2, 0.25) is 0 Å². The summed E-state index contributed by atoms with van der Waals surface area (Å²) in [6.07, 6.45) is -4.55. The Hall–Kier alpha value is -3.87. The van der Waals surface area contributed by atoms with Crippen LogP contribution in [0, 0.1) is 0 Å². The van der Waals surface area contributed by atoms with Gasteiger partial charge in [0.15, 0.2) is 0 Å². The van der Waals surface area contributed by atoms with Crippen LogP contribution in [0.3, 0.4) is 0 Å². The Balaban J connectivity index is 1.72. The number of carbonyl (C=O) groups excluding carboxylic acids is 2. The Morgan fingerprint density at radius 3 is 2.27 bits per heavy atom. The summed E-state index contributed by atoms with van der Waals surface area (Å²) >= 11 is 0. The van der Waals surface area contributed by atoms with Gasteiger partial charge in [-0.2, -0.15) is 13.2 Å². The summed E-state index contributed by atoms with van der Waals surface area (Å²) in [6.45, 7) is 0. The monoisotopic (exact) mass is 408 g/mol. The molecule has 3 aromatic carbocycles. The predicted molar refractivity (Wildman–Crippen MR) is 108 cm³/mol. The number of aromatic nitrogens is 1. The van der Waals surface area contributed by atoms with Crippen LogP contribution in [-0.4, -0.2) is 16.7 Å². The molecule has 0 bridgehead atoms. The van der Waals surface area contributed by atoms with Gasteiger partial charge in [-0.15, -0.1) is 0 Å². The first-order valence-electron chi connectivity index (χ1n) is 9.03. The zero-order valence-electron chi connectivity index (χ0n) is 15.5. The lowest BCUT2D eigenvalue weighted by atomic mass is 10.0. The van der Waals surface area contributed by atoms with Crippen LogP contribution in [0.15, 0.2) is 78.9 Å². The average Bonchev–Trinajstić information content (AvgIpc) is 3.13. The largest absolute Gasteiger partial charge is 0.416 e. The number of H-pyrrole nitrogens is 1. The predicted octanol–water partition coefficient (Wildman–Crippen LogP) is 5.68. The van der Waals surface area contributed by atoms with E-state index < -0.39 is 23.4 Å². The first-order chi connectivity index (χ1) is 14.3. The number of hydrogen-bond acceptors (Lipinski definition) is 2. The summed E-state index contributed by atoms with van der Waals surface area (Å²) in [5.41, 5.74) is 1.01. The molecule has 7 heteroatoms. The fourth-order valence-corrected chi connectivity index (χ4v) is 3.27. The second kappa shape index (κ2) is 7.51. The minimum Gasteiger partial charge on any atom is -0.354 e. The number of carbonyl (C=O) groups is 2. The fourth-order valence-electron chi connectivity index (χ4n) is 3.27. The molecule has 1 amide bonds. The number of para-hydroxylation sites is 1. The van der Waals surface area contributed by atoms with E-state index in [1.807, 2.05) is 6.07 Å². The van der Waals surface area contributed by atoms with E-state index in [4.69, 9.17) is 0 Å². The van der Waals surface area contributed by atoms with E-state index in [0.717, 1.165) is 12.1 Å². The molecule has 2 N–H and O–H groups in total. The number of Topliss-reactive ketones (excluding diaryl/α,β-unsaturated/α-hetero) is 1. The molecule has 0 aliphatic heterocycles. The summed E-state index contributed by atoms with van der Waals surface area (Å²) in [6, 6.07) is 20.2. The summed E-state index contributed by atoms with van der Waals surface area (Å²) in [7, 11) is 0. The number of aromatic amines is 1. The van der Waals surface area contributed by atoms with Gasteiger partial charge in [0.25, 0.3) is 11.7 Å². The molecule has 30 heavy (non-hydrogen) atoms. The van der Waals surface area contributed by atoms with Crippen molar-refractivity contribution in [3.05, 3.63) is 90.0 Å². The van der Waals surface area contributed by atoms with Gasteiger partial charge < -0.3 is 10.3 Å². The number of ketones is 1. The molecule has 0 aliphatic rings. The number of rotatable bonds is 4. The standard InChI is InChI=1S/C23H15F3N2O2/c24-23(25,26)15-9-6-10-16(13-15)27-22(30)21(29)19-17-11-4-5-12-18(17)28-20(19)14-7-2-1-3-8-14/h1-13,28H,(H,27,30). The molecule has 4 aromatic rings. The Morgan fingerprint density at radius 1 is 0.833 bits per heavy atom. The molecule has 1 aromatic heterocycles. The number of alkyl halides is 3. The van der Waals surface area contributed by atoms with Crippen molar-refractivity contribution in [2.75, 3.05) is 5.32 Å². The number of anilines is 1. The summed E-state index contributed by atoms with van der Waals surface area (Å²) in [4.78, 5) is 28.8. The normalized spacial score (nSPS) is 11.4. The number of amides is 1. The van der Waals surface area contributed by atoms with Gasteiger partial charge in [-0.25, -0.2) is 0 Å². The third-order valence-electron chi connectivity index (χ3n) is 4.65. The first-order valence-corrected chi connectivity index (χ1v) is 9.03. The minimum absolute atomic E-state index is 0.107. The Bertz CT molecular complexity index is 1240. The number of fused-ring (bicyclic) bond motifs is 1. The number of hydrogen-bond donors (Lipinski definition) is 2. The molecule has 4 nitrogen and oxygen atoms in total. The maximum absolute atomic E-state index is 13.0. The van der Waals surface area contributed by atoms with Crippen LogP contribution >= 0.6 is 0 Å². The van der Waals surface area contributed by atoms with E-state index >= 15 is 0 Å². The Kier molecular flexibility index (Phi) is 4.87. The van der Waals surface area contributed by atoms with E-state index in [2.05, 4.69) is 10.3 Å². The van der Waals surface area contributed by atoms with Gasteiger partial charge >= 0.3 is 6.18 Å². The highest BCUT2D eigenvalue weighted by Crippen LogP contribution is 2.32. The van der Waals surface area contributed by atoms with Gasteiger partial charge in [-0.05, 0) is 29.8 Å². The zero-order valence-corrected chi connectivity index (χ0v) is 15.5. The highest BCUT2D eigenvalue weighted by Gasteiger charge is 2.31. The lowest BCUT2D eigenvalue weighted by Gasteiger charge is -2.10. The Labute approximate surface area is 169 Å². The van der Waals surface area contributed by atoms with Gasteiger partial charge in [0.1, 0.15) is 0 Å². The van der Waals surface area contributed by atoms with Crippen molar-refractivity contribution < 1.29 is 22.8 Å². The smallest absolute Gasteiger partial charge is 0.354 e. The topological polar surface area (TPSA) is 62.0 Å². The molecule has 0 radical (unpaired) electrons. The molecule has 1 heterocycles. The lowest BCUT2D eigenvalue weighted by molar-refractivity contribution is -0.137. The zero-order chi connectivity index (χ0) is 21.3. The van der Waals surface area contributed by atoms with Crippen molar-refractivity contribution in [1.82, 2.24) is 4.98 Å². The van der Waals surface area contributed by atoms with Gasteiger partial charge in [0, 0.05) is 16.6 Å². The maximum Gasteiger partial charge on any atom is 0.416 e. The summed E-state index contributed by atoms with van der Waals surface area (Å²) < 4.78 is 38.8. The van der Waals surface area contributed by atoms with Crippen molar-refractivity contribution in [3.63, 3.8) is 0 Å². The second-order valence-electron chi connectivity index (χ2n) is 6.65. The van der Waals surface area contributed by atoms with Gasteiger partial charge in [0.05, 0.1) is 16.8 Å². The summed E-state index contributed by atoms with van der Waals surface area (Å²) in [5, 5.41) is 2.84. The van der Waals surface area contributed by atoms with Gasteiger partial charge in [-0.3, -0.25) is 9.59 Å². The van der Waals surface area contributed by atoms with Crippen LogP contribution in [0.5, 0.6) is 0 Å². The van der Waals surface area contributed by atoms with Crippen molar-refractivity contribution >= 4 is 28.3 Å². The second-order valence-corrected chi connectivity index (χ2v) is 6.65. The highest BCUT2D eigenvalue weighted by molar-refractivity contribution is 6.49.